The van der Waals surface area contributed by atoms with Gasteiger partial charge in [0.25, 0.3) is 0 Å². The first-order chi connectivity index (χ1) is 10.0. The number of halogens is 1. The van der Waals surface area contributed by atoms with Crippen LogP contribution in [0.2, 0.25) is 0 Å². The molecule has 1 aromatic rings. The number of hydrogen-bond donors (Lipinski definition) is 2. The normalized spacial score (nSPS) is 18.6. The fraction of sp³-hybridized carbons (Fsp3) is 0.533. The average Bonchev–Trinajstić information content (AvgIpc) is 2.43. The van der Waals surface area contributed by atoms with Crippen LogP contribution in [-0.4, -0.2) is 60.3 Å². The summed E-state index contributed by atoms with van der Waals surface area (Å²) in [7, 11) is 2.07. The van der Waals surface area contributed by atoms with Gasteiger partial charge in [-0.15, -0.1) is 0 Å². The zero-order valence-corrected chi connectivity index (χ0v) is 12.3. The summed E-state index contributed by atoms with van der Waals surface area (Å²) in [5.41, 5.74) is 4.24. The predicted molar refractivity (Wildman–Crippen MR) is 78.4 cm³/mol. The van der Waals surface area contributed by atoms with Crippen LogP contribution in [-0.2, 0) is 11.2 Å². The number of piperazine rings is 1. The molecule has 0 aliphatic carbocycles. The maximum Gasteiger partial charge on any atom is 0.304 e. The lowest BCUT2D eigenvalue weighted by molar-refractivity contribution is -0.138. The Morgan fingerprint density at radius 2 is 1.90 bits per heavy atom. The Hall–Kier alpha value is -1.50. The van der Waals surface area contributed by atoms with E-state index in [0.29, 0.717) is 6.42 Å². The highest BCUT2D eigenvalue weighted by Gasteiger charge is 2.20. The van der Waals surface area contributed by atoms with Crippen molar-refractivity contribution in [1.29, 1.82) is 0 Å². The molecule has 0 radical (unpaired) electrons. The zero-order valence-electron chi connectivity index (χ0n) is 12.3. The quantitative estimate of drug-likeness (QED) is 0.819. The van der Waals surface area contributed by atoms with Crippen molar-refractivity contribution >= 4 is 5.97 Å². The molecule has 116 valence electrons. The van der Waals surface area contributed by atoms with Crippen molar-refractivity contribution in [2.45, 2.75) is 18.9 Å². The minimum absolute atomic E-state index is 0.0454. The van der Waals surface area contributed by atoms with E-state index in [0.717, 1.165) is 31.7 Å². The molecule has 1 saturated heterocycles. The van der Waals surface area contributed by atoms with Crippen molar-refractivity contribution in [3.63, 3.8) is 0 Å². The predicted octanol–water partition coefficient (Wildman–Crippen LogP) is 0.963. The number of hydrazine groups is 1. The largest absolute Gasteiger partial charge is 0.481 e. The van der Waals surface area contributed by atoms with E-state index in [1.165, 1.54) is 12.1 Å². The summed E-state index contributed by atoms with van der Waals surface area (Å²) in [5, 5.41) is 11.1. The van der Waals surface area contributed by atoms with E-state index in [4.69, 9.17) is 5.11 Å². The van der Waals surface area contributed by atoms with Crippen LogP contribution < -0.4 is 5.43 Å². The van der Waals surface area contributed by atoms with E-state index in [2.05, 4.69) is 22.4 Å². The number of carboxylic acids is 1. The Bertz CT molecular complexity index is 458. The average molecular weight is 295 g/mol. The van der Waals surface area contributed by atoms with E-state index in [-0.39, 0.29) is 18.3 Å². The van der Waals surface area contributed by atoms with Crippen LogP contribution in [0.1, 0.15) is 12.0 Å². The van der Waals surface area contributed by atoms with Crippen LogP contribution in [0.25, 0.3) is 0 Å². The van der Waals surface area contributed by atoms with Gasteiger partial charge in [0.05, 0.1) is 6.42 Å². The van der Waals surface area contributed by atoms with Gasteiger partial charge in [-0.1, -0.05) is 12.1 Å². The molecule has 6 heteroatoms. The molecular weight excluding hydrogens is 273 g/mol. The van der Waals surface area contributed by atoms with Gasteiger partial charge in [0.1, 0.15) is 5.82 Å². The maximum absolute atomic E-state index is 12.9. The Kier molecular flexibility index (Phi) is 5.67. The minimum Gasteiger partial charge on any atom is -0.481 e. The first kappa shape index (κ1) is 15.9. The number of nitrogens with one attached hydrogen (secondary N) is 1. The number of benzene rings is 1. The van der Waals surface area contributed by atoms with Crippen molar-refractivity contribution in [1.82, 2.24) is 15.3 Å². The number of likely N-dealkylation sites (N-methyl/N-ethyl adjacent to an activating group) is 1. The minimum atomic E-state index is -0.830. The van der Waals surface area contributed by atoms with Crippen LogP contribution in [0.5, 0.6) is 0 Å². The summed E-state index contributed by atoms with van der Waals surface area (Å²) in [4.78, 5) is 13.3. The second-order valence-electron chi connectivity index (χ2n) is 5.54. The molecule has 0 saturated carbocycles. The number of rotatable bonds is 6. The van der Waals surface area contributed by atoms with Crippen molar-refractivity contribution in [2.24, 2.45) is 0 Å². The fourth-order valence-electron chi connectivity index (χ4n) is 2.47. The molecule has 5 nitrogen and oxygen atoms in total. The third kappa shape index (κ3) is 5.41. The Morgan fingerprint density at radius 3 is 2.48 bits per heavy atom. The monoisotopic (exact) mass is 295 g/mol. The molecule has 21 heavy (non-hydrogen) atoms. The van der Waals surface area contributed by atoms with Gasteiger partial charge in [-0.2, -0.15) is 0 Å². The molecule has 1 aliphatic rings. The number of carboxylic acid groups (broad SMARTS) is 1. The van der Waals surface area contributed by atoms with Gasteiger partial charge in [-0.3, -0.25) is 10.2 Å². The van der Waals surface area contributed by atoms with E-state index in [1.807, 2.05) is 0 Å². The van der Waals surface area contributed by atoms with Crippen molar-refractivity contribution in [2.75, 3.05) is 33.2 Å². The molecule has 1 fully saturated rings. The van der Waals surface area contributed by atoms with Gasteiger partial charge in [0.15, 0.2) is 0 Å². The van der Waals surface area contributed by atoms with Gasteiger partial charge in [0.2, 0.25) is 0 Å². The smallest absolute Gasteiger partial charge is 0.304 e. The molecule has 2 rings (SSSR count). The molecule has 1 heterocycles. The molecule has 0 bridgehead atoms. The molecule has 0 aromatic heterocycles. The zero-order chi connectivity index (χ0) is 15.2. The Labute approximate surface area is 124 Å². The van der Waals surface area contributed by atoms with E-state index >= 15 is 0 Å². The van der Waals surface area contributed by atoms with Crippen LogP contribution in [0, 0.1) is 5.82 Å². The molecule has 1 unspecified atom stereocenters. The van der Waals surface area contributed by atoms with E-state index < -0.39 is 5.97 Å². The molecule has 2 N–H and O–H groups in total. The number of aliphatic carboxylic acids is 1. The fourth-order valence-corrected chi connectivity index (χ4v) is 2.47. The van der Waals surface area contributed by atoms with Crippen molar-refractivity contribution < 1.29 is 14.3 Å². The number of nitrogens with zero attached hydrogens (tertiary/aromatic N) is 2. The highest BCUT2D eigenvalue weighted by molar-refractivity contribution is 5.67. The topological polar surface area (TPSA) is 55.8 Å². The highest BCUT2D eigenvalue weighted by Crippen LogP contribution is 2.09. The number of hydrogen-bond acceptors (Lipinski definition) is 4. The molecule has 0 amide bonds. The molecular formula is C15H22FN3O2. The lowest BCUT2D eigenvalue weighted by Gasteiger charge is -2.35. The summed E-state index contributed by atoms with van der Waals surface area (Å²) < 4.78 is 12.9. The van der Waals surface area contributed by atoms with Gasteiger partial charge in [-0.05, 0) is 31.2 Å². The first-order valence-corrected chi connectivity index (χ1v) is 7.19. The number of carbonyl (C=O) groups is 1. The Balaban J connectivity index is 1.93. The van der Waals surface area contributed by atoms with Gasteiger partial charge in [0, 0.05) is 32.2 Å². The van der Waals surface area contributed by atoms with Crippen LogP contribution in [0.15, 0.2) is 24.3 Å². The second kappa shape index (κ2) is 7.49. The van der Waals surface area contributed by atoms with E-state index in [9.17, 15) is 9.18 Å². The molecule has 1 aromatic carbocycles. The SMILES string of the molecule is CN1CCN(NC(CC(=O)O)Cc2ccc(F)cc2)CC1. The lowest BCUT2D eigenvalue weighted by Crippen LogP contribution is -2.54. The lowest BCUT2D eigenvalue weighted by atomic mass is 10.0. The van der Waals surface area contributed by atoms with Gasteiger partial charge >= 0.3 is 5.97 Å². The Morgan fingerprint density at radius 1 is 1.29 bits per heavy atom. The van der Waals surface area contributed by atoms with Gasteiger partial charge in [-0.25, -0.2) is 9.40 Å². The summed E-state index contributed by atoms with van der Waals surface area (Å²) in [6, 6.07) is 6.04. The third-order valence-electron chi connectivity index (χ3n) is 3.68. The van der Waals surface area contributed by atoms with Crippen molar-refractivity contribution in [3.05, 3.63) is 35.6 Å². The molecule has 1 atom stereocenters. The first-order valence-electron chi connectivity index (χ1n) is 7.19. The van der Waals surface area contributed by atoms with Crippen molar-refractivity contribution in [3.8, 4) is 0 Å². The van der Waals surface area contributed by atoms with Crippen LogP contribution in [0.3, 0.4) is 0 Å². The third-order valence-corrected chi connectivity index (χ3v) is 3.68. The summed E-state index contributed by atoms with van der Waals surface area (Å²) in [5.74, 6) is -1.11. The standard InChI is InChI=1S/C15H22FN3O2/c1-18-6-8-19(9-7-18)17-14(11-15(20)21)10-12-2-4-13(16)5-3-12/h2-5,14,17H,6-11H2,1H3,(H,20,21). The maximum atomic E-state index is 12.9. The summed E-state index contributed by atoms with van der Waals surface area (Å²) >= 11 is 0. The van der Waals surface area contributed by atoms with Crippen LogP contribution >= 0.6 is 0 Å². The van der Waals surface area contributed by atoms with E-state index in [1.54, 1.807) is 12.1 Å². The van der Waals surface area contributed by atoms with Gasteiger partial charge < -0.3 is 10.0 Å². The highest BCUT2D eigenvalue weighted by atomic mass is 19.1. The molecule has 1 aliphatic heterocycles. The summed E-state index contributed by atoms with van der Waals surface area (Å²) in [6.07, 6.45) is 0.614. The summed E-state index contributed by atoms with van der Waals surface area (Å²) in [6.45, 7) is 3.67. The van der Waals surface area contributed by atoms with Crippen LogP contribution in [0.4, 0.5) is 4.39 Å². The molecule has 0 spiro atoms. The second-order valence-corrected chi connectivity index (χ2v) is 5.54.